The van der Waals surface area contributed by atoms with Gasteiger partial charge in [-0.1, -0.05) is 12.1 Å². The zero-order valence-corrected chi connectivity index (χ0v) is 12.2. The van der Waals surface area contributed by atoms with Crippen molar-refractivity contribution < 1.29 is 14.3 Å². The number of anilines is 1. The van der Waals surface area contributed by atoms with E-state index in [1.54, 1.807) is 13.3 Å². The lowest BCUT2D eigenvalue weighted by Crippen LogP contribution is -2.19. The number of aromatic nitrogens is 2. The number of carbonyl (C=O) groups excluding carboxylic acids is 1. The third kappa shape index (κ3) is 3.68. The van der Waals surface area contributed by atoms with Crippen LogP contribution in [0.25, 0.3) is 0 Å². The molecule has 1 heterocycles. The van der Waals surface area contributed by atoms with Crippen LogP contribution in [-0.4, -0.2) is 37.2 Å². The van der Waals surface area contributed by atoms with Crippen molar-refractivity contribution in [3.8, 4) is 5.75 Å². The molecule has 0 N–H and O–H groups in total. The van der Waals surface area contributed by atoms with Crippen molar-refractivity contribution in [3.63, 3.8) is 0 Å². The molecule has 0 aliphatic heterocycles. The summed E-state index contributed by atoms with van der Waals surface area (Å²) in [6.07, 6.45) is 2.99. The number of ether oxygens (including phenoxy) is 2. The molecular weight excluding hydrogens is 270 g/mol. The average Bonchev–Trinajstić information content (AvgIpc) is 2.54. The number of benzene rings is 1. The number of carbonyl (C=O) groups is 1. The molecule has 0 saturated carbocycles. The van der Waals surface area contributed by atoms with E-state index in [9.17, 15) is 4.79 Å². The number of esters is 1. The van der Waals surface area contributed by atoms with E-state index in [2.05, 4.69) is 14.7 Å². The van der Waals surface area contributed by atoms with Gasteiger partial charge < -0.3 is 14.4 Å². The highest BCUT2D eigenvalue weighted by molar-refractivity contribution is 5.87. The first-order chi connectivity index (χ1) is 10.1. The van der Waals surface area contributed by atoms with Crippen LogP contribution in [0.1, 0.15) is 16.1 Å². The third-order valence-corrected chi connectivity index (χ3v) is 2.96. The van der Waals surface area contributed by atoms with Gasteiger partial charge in [0.15, 0.2) is 5.69 Å². The van der Waals surface area contributed by atoms with Gasteiger partial charge in [0, 0.05) is 13.6 Å². The lowest BCUT2D eigenvalue weighted by Gasteiger charge is -2.18. The molecule has 0 amide bonds. The minimum atomic E-state index is -0.501. The Bertz CT molecular complexity index is 631. The van der Waals surface area contributed by atoms with Crippen molar-refractivity contribution in [2.45, 2.75) is 6.54 Å². The van der Waals surface area contributed by atoms with Crippen LogP contribution in [0.5, 0.6) is 5.75 Å². The van der Waals surface area contributed by atoms with Gasteiger partial charge >= 0.3 is 5.97 Å². The quantitative estimate of drug-likeness (QED) is 0.783. The number of methoxy groups -OCH3 is 2. The normalized spacial score (nSPS) is 10.0. The number of rotatable bonds is 5. The van der Waals surface area contributed by atoms with Crippen LogP contribution in [-0.2, 0) is 11.3 Å². The van der Waals surface area contributed by atoms with Gasteiger partial charge in [0.2, 0.25) is 0 Å². The lowest BCUT2D eigenvalue weighted by atomic mass is 10.2. The fourth-order valence-electron chi connectivity index (χ4n) is 1.87. The molecule has 0 aliphatic carbocycles. The van der Waals surface area contributed by atoms with E-state index >= 15 is 0 Å². The maximum absolute atomic E-state index is 11.5. The highest BCUT2D eigenvalue weighted by atomic mass is 16.5. The van der Waals surface area contributed by atoms with Gasteiger partial charge in [-0.15, -0.1) is 0 Å². The molecule has 110 valence electrons. The van der Waals surface area contributed by atoms with Gasteiger partial charge in [0.05, 0.1) is 26.6 Å². The molecule has 0 aliphatic rings. The van der Waals surface area contributed by atoms with Crippen molar-refractivity contribution in [2.24, 2.45) is 0 Å². The Balaban J connectivity index is 2.16. The van der Waals surface area contributed by atoms with Gasteiger partial charge in [-0.2, -0.15) is 0 Å². The summed E-state index contributed by atoms with van der Waals surface area (Å²) >= 11 is 0. The van der Waals surface area contributed by atoms with Crippen LogP contribution in [0.3, 0.4) is 0 Å². The van der Waals surface area contributed by atoms with E-state index in [-0.39, 0.29) is 5.69 Å². The van der Waals surface area contributed by atoms with E-state index in [4.69, 9.17) is 4.74 Å². The minimum Gasteiger partial charge on any atom is -0.497 e. The summed E-state index contributed by atoms with van der Waals surface area (Å²) in [6.45, 7) is 0.622. The summed E-state index contributed by atoms with van der Waals surface area (Å²) in [5, 5.41) is 0. The second-order valence-corrected chi connectivity index (χ2v) is 4.46. The molecular formula is C15H17N3O3. The summed E-state index contributed by atoms with van der Waals surface area (Å²) in [4.78, 5) is 21.6. The minimum absolute atomic E-state index is 0.187. The maximum Gasteiger partial charge on any atom is 0.358 e. The SMILES string of the molecule is COC(=O)c1cncc(N(C)Cc2cccc(OC)c2)n1. The van der Waals surface area contributed by atoms with Crippen LogP contribution in [0.15, 0.2) is 36.7 Å². The molecule has 1 aromatic heterocycles. The van der Waals surface area contributed by atoms with Gasteiger partial charge in [-0.3, -0.25) is 4.98 Å². The van der Waals surface area contributed by atoms with E-state index in [1.807, 2.05) is 36.2 Å². The summed E-state index contributed by atoms with van der Waals surface area (Å²) in [5.74, 6) is 0.898. The van der Waals surface area contributed by atoms with Crippen molar-refractivity contribution in [3.05, 3.63) is 47.9 Å². The molecule has 0 radical (unpaired) electrons. The zero-order valence-electron chi connectivity index (χ0n) is 12.2. The van der Waals surface area contributed by atoms with E-state index in [0.29, 0.717) is 12.4 Å². The Morgan fingerprint density at radius 1 is 1.29 bits per heavy atom. The van der Waals surface area contributed by atoms with Crippen molar-refractivity contribution in [2.75, 3.05) is 26.2 Å². The Kier molecular flexibility index (Phi) is 4.71. The average molecular weight is 287 g/mol. The first kappa shape index (κ1) is 14.8. The Morgan fingerprint density at radius 2 is 2.10 bits per heavy atom. The molecule has 21 heavy (non-hydrogen) atoms. The predicted octanol–water partition coefficient (Wildman–Crippen LogP) is 1.91. The van der Waals surface area contributed by atoms with Crippen LogP contribution in [0, 0.1) is 0 Å². The summed E-state index contributed by atoms with van der Waals surface area (Å²) < 4.78 is 9.84. The maximum atomic E-state index is 11.5. The van der Waals surface area contributed by atoms with Gasteiger partial charge in [-0.25, -0.2) is 9.78 Å². The number of nitrogens with zero attached hydrogens (tertiary/aromatic N) is 3. The standard InChI is InChI=1S/C15H17N3O3/c1-18(10-11-5-4-6-12(7-11)20-2)14-9-16-8-13(17-14)15(19)21-3/h4-9H,10H2,1-3H3. The molecule has 0 spiro atoms. The van der Waals surface area contributed by atoms with Crippen LogP contribution in [0.2, 0.25) is 0 Å². The Labute approximate surface area is 123 Å². The van der Waals surface area contributed by atoms with E-state index in [0.717, 1.165) is 11.3 Å². The molecule has 0 fully saturated rings. The van der Waals surface area contributed by atoms with Crippen LogP contribution < -0.4 is 9.64 Å². The number of hydrogen-bond donors (Lipinski definition) is 0. The summed E-state index contributed by atoms with van der Waals surface area (Å²) in [7, 11) is 4.83. The highest BCUT2D eigenvalue weighted by Gasteiger charge is 2.11. The highest BCUT2D eigenvalue weighted by Crippen LogP contribution is 2.16. The molecule has 0 atom stereocenters. The lowest BCUT2D eigenvalue weighted by molar-refractivity contribution is 0.0593. The Hall–Kier alpha value is -2.63. The second-order valence-electron chi connectivity index (χ2n) is 4.46. The van der Waals surface area contributed by atoms with Gasteiger partial charge in [-0.05, 0) is 17.7 Å². The predicted molar refractivity (Wildman–Crippen MR) is 78.5 cm³/mol. The van der Waals surface area contributed by atoms with E-state index < -0.39 is 5.97 Å². The molecule has 2 aromatic rings. The van der Waals surface area contributed by atoms with Crippen LogP contribution in [0.4, 0.5) is 5.82 Å². The number of hydrogen-bond acceptors (Lipinski definition) is 6. The summed E-state index contributed by atoms with van der Waals surface area (Å²) in [6, 6.07) is 7.77. The fourth-order valence-corrected chi connectivity index (χ4v) is 1.87. The Morgan fingerprint density at radius 3 is 2.81 bits per heavy atom. The van der Waals surface area contributed by atoms with Gasteiger partial charge in [0.25, 0.3) is 0 Å². The fraction of sp³-hybridized carbons (Fsp3) is 0.267. The molecule has 0 bridgehead atoms. The van der Waals surface area contributed by atoms with Crippen LogP contribution >= 0.6 is 0 Å². The summed E-state index contributed by atoms with van der Waals surface area (Å²) in [5.41, 5.74) is 1.26. The first-order valence-electron chi connectivity index (χ1n) is 6.38. The monoisotopic (exact) mass is 287 g/mol. The molecule has 6 nitrogen and oxygen atoms in total. The zero-order chi connectivity index (χ0) is 15.2. The third-order valence-electron chi connectivity index (χ3n) is 2.96. The van der Waals surface area contributed by atoms with Gasteiger partial charge in [0.1, 0.15) is 11.6 Å². The van der Waals surface area contributed by atoms with Crippen molar-refractivity contribution in [1.29, 1.82) is 0 Å². The van der Waals surface area contributed by atoms with E-state index in [1.165, 1.54) is 13.3 Å². The molecule has 6 heteroatoms. The molecule has 1 aromatic carbocycles. The topological polar surface area (TPSA) is 64.5 Å². The smallest absolute Gasteiger partial charge is 0.358 e. The van der Waals surface area contributed by atoms with Crippen molar-refractivity contribution >= 4 is 11.8 Å². The molecule has 0 unspecified atom stereocenters. The molecule has 0 saturated heterocycles. The first-order valence-corrected chi connectivity index (χ1v) is 6.38. The molecule has 2 rings (SSSR count). The second kappa shape index (κ2) is 6.69. The van der Waals surface area contributed by atoms with Crippen molar-refractivity contribution in [1.82, 2.24) is 9.97 Å². The largest absolute Gasteiger partial charge is 0.497 e.